The molecule has 0 unspecified atom stereocenters. The minimum Gasteiger partial charge on any atom is -0.486 e. The van der Waals surface area contributed by atoms with Gasteiger partial charge in [-0.25, -0.2) is 4.98 Å². The summed E-state index contributed by atoms with van der Waals surface area (Å²) in [6.07, 6.45) is 2.04. The number of aromatic nitrogens is 4. The van der Waals surface area contributed by atoms with E-state index in [1.165, 1.54) is 11.3 Å². The van der Waals surface area contributed by atoms with Crippen LogP contribution in [0.4, 0.5) is 0 Å². The van der Waals surface area contributed by atoms with Crippen molar-refractivity contribution in [3.05, 3.63) is 56.5 Å². The number of ether oxygens (including phenoxy) is 1. The number of thiazole rings is 1. The highest BCUT2D eigenvalue weighted by atomic mass is 35.5. The fourth-order valence-corrected chi connectivity index (χ4v) is 4.27. The number of aryl methyl sites for hydroxylation is 2. The largest absolute Gasteiger partial charge is 0.486 e. The maximum Gasteiger partial charge on any atom is 0.266 e. The summed E-state index contributed by atoms with van der Waals surface area (Å²) < 4.78 is 7.84. The summed E-state index contributed by atoms with van der Waals surface area (Å²) in [7, 11) is 1.78. The summed E-state index contributed by atoms with van der Waals surface area (Å²) in [6, 6.07) is 7.16. The zero-order valence-corrected chi connectivity index (χ0v) is 17.3. The molecule has 1 amide bonds. The molecule has 146 valence electrons. The molecule has 0 fully saturated rings. The standard InChI is InChI=1S/C19H20ClN5O2S/c1-12-18(28-17(21-12)11-27-14-7-5-13(20)6-8-14)19(26)24(2)10-16-23-22-15-4-3-9-25(15)16/h5-8H,3-4,9-11H2,1-2H3. The van der Waals surface area contributed by atoms with Gasteiger partial charge in [-0.15, -0.1) is 21.5 Å². The molecule has 4 rings (SSSR count). The van der Waals surface area contributed by atoms with E-state index >= 15 is 0 Å². The molecule has 7 nitrogen and oxygen atoms in total. The second kappa shape index (κ2) is 7.89. The number of hydrogen-bond acceptors (Lipinski definition) is 6. The second-order valence-corrected chi connectivity index (χ2v) is 8.23. The lowest BCUT2D eigenvalue weighted by molar-refractivity contribution is 0.0784. The number of carbonyl (C=O) groups is 1. The molecule has 0 N–H and O–H groups in total. The van der Waals surface area contributed by atoms with Crippen LogP contribution in [-0.2, 0) is 26.1 Å². The molecule has 0 spiro atoms. The van der Waals surface area contributed by atoms with Crippen LogP contribution in [0.2, 0.25) is 5.02 Å². The molecule has 1 aliphatic heterocycles. The molecule has 28 heavy (non-hydrogen) atoms. The van der Waals surface area contributed by atoms with Crippen molar-refractivity contribution >= 4 is 28.8 Å². The summed E-state index contributed by atoms with van der Waals surface area (Å²) >= 11 is 7.24. The number of hydrogen-bond donors (Lipinski definition) is 0. The maximum atomic E-state index is 12.9. The highest BCUT2D eigenvalue weighted by molar-refractivity contribution is 7.13. The van der Waals surface area contributed by atoms with Crippen LogP contribution < -0.4 is 4.74 Å². The number of fused-ring (bicyclic) bond motifs is 1. The van der Waals surface area contributed by atoms with E-state index in [-0.39, 0.29) is 5.91 Å². The molecule has 0 atom stereocenters. The van der Waals surface area contributed by atoms with Gasteiger partial charge in [-0.05, 0) is 37.6 Å². The van der Waals surface area contributed by atoms with Crippen molar-refractivity contribution in [3.8, 4) is 5.75 Å². The van der Waals surface area contributed by atoms with Crippen molar-refractivity contribution in [1.82, 2.24) is 24.6 Å². The summed E-state index contributed by atoms with van der Waals surface area (Å²) in [5.41, 5.74) is 0.711. The van der Waals surface area contributed by atoms with E-state index < -0.39 is 0 Å². The van der Waals surface area contributed by atoms with Gasteiger partial charge in [0.1, 0.15) is 28.1 Å². The van der Waals surface area contributed by atoms with Crippen molar-refractivity contribution in [2.75, 3.05) is 7.05 Å². The number of carbonyl (C=O) groups excluding carboxylic acids is 1. The quantitative estimate of drug-likeness (QED) is 0.613. The Balaban J connectivity index is 1.41. The van der Waals surface area contributed by atoms with Gasteiger partial charge < -0.3 is 14.2 Å². The Morgan fingerprint density at radius 3 is 2.89 bits per heavy atom. The first-order valence-electron chi connectivity index (χ1n) is 9.02. The molecule has 0 radical (unpaired) electrons. The van der Waals surface area contributed by atoms with Crippen LogP contribution in [0.3, 0.4) is 0 Å². The molecule has 3 aromatic rings. The number of benzene rings is 1. The van der Waals surface area contributed by atoms with Crippen LogP contribution in [0.25, 0.3) is 0 Å². The Hall–Kier alpha value is -2.45. The number of nitrogens with zero attached hydrogens (tertiary/aromatic N) is 5. The summed E-state index contributed by atoms with van der Waals surface area (Å²) in [5.74, 6) is 2.48. The Bertz CT molecular complexity index is 998. The monoisotopic (exact) mass is 417 g/mol. The molecule has 0 saturated carbocycles. The van der Waals surface area contributed by atoms with Crippen molar-refractivity contribution in [2.24, 2.45) is 0 Å². The molecule has 1 aromatic carbocycles. The first-order valence-corrected chi connectivity index (χ1v) is 10.2. The fraction of sp³-hybridized carbons (Fsp3) is 0.368. The van der Waals surface area contributed by atoms with E-state index in [4.69, 9.17) is 16.3 Å². The van der Waals surface area contributed by atoms with E-state index in [0.29, 0.717) is 34.5 Å². The lowest BCUT2D eigenvalue weighted by Gasteiger charge is -2.16. The molecule has 2 aromatic heterocycles. The molecule has 3 heterocycles. The number of halogens is 1. The summed E-state index contributed by atoms with van der Waals surface area (Å²) in [6.45, 7) is 3.51. The summed E-state index contributed by atoms with van der Waals surface area (Å²) in [4.78, 5) is 19.7. The van der Waals surface area contributed by atoms with Gasteiger partial charge in [0.15, 0.2) is 5.82 Å². The Kier molecular flexibility index (Phi) is 5.32. The predicted molar refractivity (Wildman–Crippen MR) is 107 cm³/mol. The van der Waals surface area contributed by atoms with Crippen LogP contribution >= 0.6 is 22.9 Å². The van der Waals surface area contributed by atoms with Crippen molar-refractivity contribution in [1.29, 1.82) is 0 Å². The van der Waals surface area contributed by atoms with Crippen LogP contribution in [0.15, 0.2) is 24.3 Å². The van der Waals surface area contributed by atoms with Crippen molar-refractivity contribution < 1.29 is 9.53 Å². The van der Waals surface area contributed by atoms with Gasteiger partial charge >= 0.3 is 0 Å². The van der Waals surface area contributed by atoms with Crippen LogP contribution in [0.1, 0.15) is 38.4 Å². The Morgan fingerprint density at radius 2 is 2.11 bits per heavy atom. The molecule has 0 aliphatic carbocycles. The number of rotatable bonds is 6. The Morgan fingerprint density at radius 1 is 1.32 bits per heavy atom. The zero-order chi connectivity index (χ0) is 19.7. The third-order valence-corrected chi connectivity index (χ3v) is 5.99. The first-order chi connectivity index (χ1) is 13.5. The summed E-state index contributed by atoms with van der Waals surface area (Å²) in [5, 5.41) is 9.85. The van der Waals surface area contributed by atoms with Crippen molar-refractivity contribution in [2.45, 2.75) is 39.5 Å². The van der Waals surface area contributed by atoms with Gasteiger partial charge in [0.05, 0.1) is 12.2 Å². The van der Waals surface area contributed by atoms with Gasteiger partial charge in [-0.1, -0.05) is 11.6 Å². The van der Waals surface area contributed by atoms with E-state index in [1.807, 2.05) is 6.92 Å². The molecule has 1 aliphatic rings. The van der Waals surface area contributed by atoms with Crippen LogP contribution in [0.5, 0.6) is 5.75 Å². The molecule has 9 heteroatoms. The highest BCUT2D eigenvalue weighted by Crippen LogP contribution is 2.23. The first kappa shape index (κ1) is 18.9. The lowest BCUT2D eigenvalue weighted by Crippen LogP contribution is -2.27. The van der Waals surface area contributed by atoms with E-state index in [9.17, 15) is 4.79 Å². The minimum atomic E-state index is -0.0666. The molecular weight excluding hydrogens is 398 g/mol. The SMILES string of the molecule is Cc1nc(COc2ccc(Cl)cc2)sc1C(=O)N(C)Cc1nnc2n1CCC2. The maximum absolute atomic E-state index is 12.9. The van der Waals surface area contributed by atoms with Gasteiger partial charge in [-0.3, -0.25) is 4.79 Å². The second-order valence-electron chi connectivity index (χ2n) is 6.71. The third kappa shape index (κ3) is 3.88. The van der Waals surface area contributed by atoms with Crippen LogP contribution in [-0.4, -0.2) is 37.6 Å². The van der Waals surface area contributed by atoms with Gasteiger partial charge in [-0.2, -0.15) is 0 Å². The molecule has 0 bridgehead atoms. The third-order valence-electron chi connectivity index (χ3n) is 4.62. The smallest absolute Gasteiger partial charge is 0.266 e. The average molecular weight is 418 g/mol. The van der Waals surface area contributed by atoms with E-state index in [0.717, 1.165) is 36.0 Å². The highest BCUT2D eigenvalue weighted by Gasteiger charge is 2.23. The van der Waals surface area contributed by atoms with E-state index in [2.05, 4.69) is 19.7 Å². The van der Waals surface area contributed by atoms with Gasteiger partial charge in [0, 0.05) is 25.0 Å². The average Bonchev–Trinajstić information content (AvgIpc) is 3.38. The van der Waals surface area contributed by atoms with Crippen LogP contribution in [0, 0.1) is 6.92 Å². The number of amides is 1. The van der Waals surface area contributed by atoms with Crippen molar-refractivity contribution in [3.63, 3.8) is 0 Å². The zero-order valence-electron chi connectivity index (χ0n) is 15.7. The topological polar surface area (TPSA) is 73.1 Å². The van der Waals surface area contributed by atoms with Gasteiger partial charge in [0.2, 0.25) is 0 Å². The molecule has 0 saturated heterocycles. The normalized spacial score (nSPS) is 12.8. The van der Waals surface area contributed by atoms with E-state index in [1.54, 1.807) is 36.2 Å². The Labute approximate surface area is 171 Å². The predicted octanol–water partition coefficient (Wildman–Crippen LogP) is 3.49. The minimum absolute atomic E-state index is 0.0666. The van der Waals surface area contributed by atoms with Gasteiger partial charge in [0.25, 0.3) is 5.91 Å². The molecular formula is C19H20ClN5O2S. The lowest BCUT2D eigenvalue weighted by atomic mass is 10.3. The fourth-order valence-electron chi connectivity index (χ4n) is 3.17.